The van der Waals surface area contributed by atoms with Crippen molar-refractivity contribution in [2.45, 2.75) is 19.6 Å². The van der Waals surface area contributed by atoms with Gasteiger partial charge in [0.05, 0.1) is 12.8 Å². The van der Waals surface area contributed by atoms with E-state index in [1.54, 1.807) is 12.5 Å². The van der Waals surface area contributed by atoms with Gasteiger partial charge in [-0.1, -0.05) is 35.3 Å². The van der Waals surface area contributed by atoms with E-state index in [0.29, 0.717) is 23.1 Å². The van der Waals surface area contributed by atoms with Crippen LogP contribution in [-0.2, 0) is 19.6 Å². The molecule has 2 heterocycles. The molecule has 0 atom stereocenters. The molecule has 0 amide bonds. The van der Waals surface area contributed by atoms with Gasteiger partial charge >= 0.3 is 0 Å². The first-order valence-electron chi connectivity index (χ1n) is 7.29. The fourth-order valence-corrected chi connectivity index (χ4v) is 2.96. The molecule has 0 fully saturated rings. The minimum atomic E-state index is 0.633. The largest absolute Gasteiger partial charge is 0.468 e. The van der Waals surface area contributed by atoms with Crippen molar-refractivity contribution in [1.29, 1.82) is 0 Å². The van der Waals surface area contributed by atoms with Crippen LogP contribution in [0.25, 0.3) is 0 Å². The van der Waals surface area contributed by atoms with Gasteiger partial charge in [0.15, 0.2) is 0 Å². The molecule has 0 saturated carbocycles. The molecule has 3 rings (SSSR count). The highest BCUT2D eigenvalue weighted by atomic mass is 35.5. The van der Waals surface area contributed by atoms with E-state index in [4.69, 9.17) is 27.6 Å². The third-order valence-electron chi connectivity index (χ3n) is 3.53. The highest BCUT2D eigenvalue weighted by Crippen LogP contribution is 2.27. The van der Waals surface area contributed by atoms with Gasteiger partial charge in [-0.05, 0) is 35.9 Å². The zero-order chi connectivity index (χ0) is 16.1. The normalized spacial score (nSPS) is 11.1. The summed E-state index contributed by atoms with van der Waals surface area (Å²) in [5.41, 5.74) is 2.05. The lowest BCUT2D eigenvalue weighted by Crippen LogP contribution is -2.22. The summed E-state index contributed by atoms with van der Waals surface area (Å²) in [6.45, 7) is 2.04. The number of hydrogen-bond acceptors (Lipinski definition) is 3. The maximum absolute atomic E-state index is 6.31. The van der Waals surface area contributed by atoms with E-state index in [1.165, 1.54) is 0 Å². The van der Waals surface area contributed by atoms with E-state index < -0.39 is 0 Å². The van der Waals surface area contributed by atoms with E-state index in [9.17, 15) is 0 Å². The number of nitrogens with zero attached hydrogens (tertiary/aromatic N) is 2. The second-order valence-corrected chi connectivity index (χ2v) is 6.10. The summed E-state index contributed by atoms with van der Waals surface area (Å²) in [7, 11) is 0. The molecule has 0 aliphatic carbocycles. The van der Waals surface area contributed by atoms with Gasteiger partial charge in [-0.15, -0.1) is 0 Å². The molecule has 0 unspecified atom stereocenters. The molecule has 0 aliphatic rings. The van der Waals surface area contributed by atoms with Gasteiger partial charge in [0, 0.05) is 41.1 Å². The lowest BCUT2D eigenvalue weighted by atomic mass is 10.2. The Kier molecular flexibility index (Phi) is 5.34. The molecule has 3 nitrogen and oxygen atoms in total. The van der Waals surface area contributed by atoms with Crippen molar-refractivity contribution in [1.82, 2.24) is 9.88 Å². The number of hydrogen-bond donors (Lipinski definition) is 0. The van der Waals surface area contributed by atoms with E-state index in [0.717, 1.165) is 23.4 Å². The van der Waals surface area contributed by atoms with E-state index in [1.807, 2.05) is 42.6 Å². The van der Waals surface area contributed by atoms with Gasteiger partial charge in [0.25, 0.3) is 0 Å². The molecule has 0 saturated heterocycles. The van der Waals surface area contributed by atoms with Gasteiger partial charge < -0.3 is 4.42 Å². The Labute approximate surface area is 145 Å². The van der Waals surface area contributed by atoms with Crippen molar-refractivity contribution in [3.8, 4) is 0 Å². The summed E-state index contributed by atoms with van der Waals surface area (Å²) in [6.07, 6.45) is 5.31. The topological polar surface area (TPSA) is 29.3 Å². The molecule has 0 spiro atoms. The standard InChI is InChI=1S/C18H16Cl2N2O/c19-17-6-1-7-18(20)16(17)13-22(12-15-5-3-9-23-15)11-14-4-2-8-21-10-14/h1-10H,11-13H2. The average molecular weight is 347 g/mol. The maximum atomic E-state index is 6.31. The van der Waals surface area contributed by atoms with Crippen LogP contribution in [0.4, 0.5) is 0 Å². The quantitative estimate of drug-likeness (QED) is 0.615. The highest BCUT2D eigenvalue weighted by Gasteiger charge is 2.14. The van der Waals surface area contributed by atoms with Crippen LogP contribution in [0.1, 0.15) is 16.9 Å². The smallest absolute Gasteiger partial charge is 0.117 e. The second-order valence-electron chi connectivity index (χ2n) is 5.29. The number of halogens is 2. The predicted octanol–water partition coefficient (Wildman–Crippen LogP) is 5.18. The molecule has 0 bridgehead atoms. The Morgan fingerprint density at radius 1 is 0.913 bits per heavy atom. The molecule has 2 aromatic heterocycles. The van der Waals surface area contributed by atoms with Crippen LogP contribution in [0.5, 0.6) is 0 Å². The summed E-state index contributed by atoms with van der Waals surface area (Å²) < 4.78 is 5.48. The molecular formula is C18H16Cl2N2O. The van der Waals surface area contributed by atoms with Crippen LogP contribution in [0.2, 0.25) is 10.0 Å². The van der Waals surface area contributed by atoms with Crippen molar-refractivity contribution >= 4 is 23.2 Å². The monoisotopic (exact) mass is 346 g/mol. The predicted molar refractivity (Wildman–Crippen MR) is 92.4 cm³/mol. The first kappa shape index (κ1) is 16.1. The van der Waals surface area contributed by atoms with Crippen LogP contribution in [0, 0.1) is 0 Å². The fraction of sp³-hybridized carbons (Fsp3) is 0.167. The molecule has 5 heteroatoms. The summed E-state index contributed by atoms with van der Waals surface area (Å²) in [4.78, 5) is 6.40. The van der Waals surface area contributed by atoms with Gasteiger partial charge in [0.1, 0.15) is 5.76 Å². The lowest BCUT2D eigenvalue weighted by molar-refractivity contribution is 0.227. The van der Waals surface area contributed by atoms with Crippen molar-refractivity contribution in [3.63, 3.8) is 0 Å². The van der Waals surface area contributed by atoms with Crippen molar-refractivity contribution in [2.75, 3.05) is 0 Å². The minimum absolute atomic E-state index is 0.633. The number of aromatic nitrogens is 1. The first-order valence-corrected chi connectivity index (χ1v) is 8.04. The third-order valence-corrected chi connectivity index (χ3v) is 4.24. The minimum Gasteiger partial charge on any atom is -0.468 e. The molecule has 0 aliphatic heterocycles. The van der Waals surface area contributed by atoms with Crippen LogP contribution in [0.3, 0.4) is 0 Å². The summed E-state index contributed by atoms with van der Waals surface area (Å²) in [6, 6.07) is 13.4. The molecule has 118 valence electrons. The number of pyridine rings is 1. The van der Waals surface area contributed by atoms with Gasteiger partial charge in [0.2, 0.25) is 0 Å². The van der Waals surface area contributed by atoms with Crippen LogP contribution in [0.15, 0.2) is 65.5 Å². The Bertz CT molecular complexity index is 725. The van der Waals surface area contributed by atoms with Crippen molar-refractivity contribution < 1.29 is 4.42 Å². The number of rotatable bonds is 6. The molecule has 1 aromatic carbocycles. The van der Waals surface area contributed by atoms with E-state index >= 15 is 0 Å². The number of benzene rings is 1. The van der Waals surface area contributed by atoms with Gasteiger partial charge in [-0.2, -0.15) is 0 Å². The zero-order valence-corrected chi connectivity index (χ0v) is 14.0. The third kappa shape index (κ3) is 4.35. The second kappa shape index (κ2) is 7.64. The average Bonchev–Trinajstić information content (AvgIpc) is 3.05. The van der Waals surface area contributed by atoms with Crippen LogP contribution < -0.4 is 0 Å². The molecule has 0 N–H and O–H groups in total. The van der Waals surface area contributed by atoms with Crippen molar-refractivity contribution in [3.05, 3.63) is 88.1 Å². The molecule has 0 radical (unpaired) electrons. The molecule has 3 aromatic rings. The van der Waals surface area contributed by atoms with E-state index in [2.05, 4.69) is 16.0 Å². The first-order chi connectivity index (χ1) is 11.2. The van der Waals surface area contributed by atoms with Gasteiger partial charge in [-0.3, -0.25) is 9.88 Å². The van der Waals surface area contributed by atoms with E-state index in [-0.39, 0.29) is 0 Å². The summed E-state index contributed by atoms with van der Waals surface area (Å²) >= 11 is 12.6. The van der Waals surface area contributed by atoms with Gasteiger partial charge in [-0.25, -0.2) is 0 Å². The Morgan fingerprint density at radius 2 is 1.74 bits per heavy atom. The summed E-state index contributed by atoms with van der Waals surface area (Å²) in [5.74, 6) is 0.900. The SMILES string of the molecule is Clc1cccc(Cl)c1CN(Cc1cccnc1)Cc1ccco1. The maximum Gasteiger partial charge on any atom is 0.117 e. The lowest BCUT2D eigenvalue weighted by Gasteiger charge is -2.22. The Hall–Kier alpha value is -1.81. The van der Waals surface area contributed by atoms with Crippen LogP contribution >= 0.6 is 23.2 Å². The summed E-state index contributed by atoms with van der Waals surface area (Å²) in [5, 5.41) is 1.35. The van der Waals surface area contributed by atoms with Crippen LogP contribution in [-0.4, -0.2) is 9.88 Å². The highest BCUT2D eigenvalue weighted by molar-refractivity contribution is 6.35. The molecular weight excluding hydrogens is 331 g/mol. The fourth-order valence-electron chi connectivity index (χ4n) is 2.45. The number of furan rings is 1. The van der Waals surface area contributed by atoms with Crippen molar-refractivity contribution in [2.24, 2.45) is 0 Å². The molecule has 23 heavy (non-hydrogen) atoms. The Balaban J connectivity index is 1.82. The Morgan fingerprint density at radius 3 is 2.39 bits per heavy atom. The zero-order valence-electron chi connectivity index (χ0n) is 12.5.